The summed E-state index contributed by atoms with van der Waals surface area (Å²) >= 11 is 1.17. The van der Waals surface area contributed by atoms with Gasteiger partial charge < -0.3 is 19.3 Å². The summed E-state index contributed by atoms with van der Waals surface area (Å²) in [6.07, 6.45) is -1.03. The van der Waals surface area contributed by atoms with Crippen molar-refractivity contribution in [3.63, 3.8) is 0 Å². The molecule has 20 heavy (non-hydrogen) atoms. The zero-order valence-electron chi connectivity index (χ0n) is 11.0. The molecule has 1 atom stereocenters. The summed E-state index contributed by atoms with van der Waals surface area (Å²) in [5, 5.41) is 8.69. The molecule has 1 heterocycles. The number of carboxylic acid groups (broad SMARTS) is 1. The van der Waals surface area contributed by atoms with Gasteiger partial charge in [-0.2, -0.15) is 0 Å². The maximum absolute atomic E-state index is 12.1. The molecule has 0 spiro atoms. The third-order valence-corrected chi connectivity index (χ3v) is 3.99. The van der Waals surface area contributed by atoms with Crippen molar-refractivity contribution >= 4 is 23.7 Å². The largest absolute Gasteiger partial charge is 0.506 e. The van der Waals surface area contributed by atoms with Gasteiger partial charge in [-0.25, -0.2) is 4.79 Å². The number of fused-ring (bicyclic) bond motifs is 1. The molecule has 1 aliphatic heterocycles. The second-order valence-electron chi connectivity index (χ2n) is 4.12. The quantitative estimate of drug-likeness (QED) is 0.856. The van der Waals surface area contributed by atoms with Gasteiger partial charge >= 0.3 is 6.16 Å². The van der Waals surface area contributed by atoms with Crippen LogP contribution in [-0.4, -0.2) is 42.5 Å². The first-order chi connectivity index (χ1) is 9.55. The van der Waals surface area contributed by atoms with E-state index >= 15 is 0 Å². The summed E-state index contributed by atoms with van der Waals surface area (Å²) in [6, 6.07) is 3.32. The summed E-state index contributed by atoms with van der Waals surface area (Å²) in [6.45, 7) is 0. The van der Waals surface area contributed by atoms with Crippen LogP contribution in [0.25, 0.3) is 0 Å². The minimum Gasteiger partial charge on any atom is -0.493 e. The predicted molar refractivity (Wildman–Crippen MR) is 72.9 cm³/mol. The molecule has 0 radical (unpaired) electrons. The van der Waals surface area contributed by atoms with Crippen molar-refractivity contribution in [1.82, 2.24) is 0 Å². The summed E-state index contributed by atoms with van der Waals surface area (Å²) in [4.78, 5) is 22.7. The third kappa shape index (κ3) is 2.98. The number of ether oxygens (including phenoxy) is 3. The molecule has 1 aromatic carbocycles. The number of hydrogen-bond acceptors (Lipinski definition) is 6. The fourth-order valence-electron chi connectivity index (χ4n) is 2.02. The Morgan fingerprint density at radius 2 is 1.95 bits per heavy atom. The highest BCUT2D eigenvalue weighted by Crippen LogP contribution is 2.35. The smallest absolute Gasteiger partial charge is 0.493 e. The van der Waals surface area contributed by atoms with E-state index in [1.165, 1.54) is 26.0 Å². The number of methoxy groups -OCH3 is 2. The molecule has 0 amide bonds. The van der Waals surface area contributed by atoms with Crippen LogP contribution in [0.2, 0.25) is 0 Å². The molecule has 108 valence electrons. The number of thioether (sulfide) groups is 1. The fourth-order valence-corrected chi connectivity index (χ4v) is 2.96. The van der Waals surface area contributed by atoms with Crippen molar-refractivity contribution in [3.05, 3.63) is 23.3 Å². The summed E-state index contributed by atoms with van der Waals surface area (Å²) in [5.74, 6) is 1.06. The Morgan fingerprint density at radius 3 is 2.55 bits per heavy atom. The summed E-state index contributed by atoms with van der Waals surface area (Å²) in [7, 11) is 3.00. The van der Waals surface area contributed by atoms with Gasteiger partial charge in [0.05, 0.1) is 20.0 Å². The van der Waals surface area contributed by atoms with Gasteiger partial charge in [-0.15, -0.1) is 11.8 Å². The first kappa shape index (κ1) is 14.5. The van der Waals surface area contributed by atoms with Crippen LogP contribution in [0.15, 0.2) is 12.1 Å². The Balaban J connectivity index is 2.39. The SMILES string of the molecule is COc1cc2c(cc1OC)C(=O)CSC(OC(=O)O)C2. The Bertz CT molecular complexity index is 542. The fraction of sp³-hybridized carbons (Fsp3) is 0.385. The van der Waals surface area contributed by atoms with Crippen molar-refractivity contribution in [1.29, 1.82) is 0 Å². The molecule has 1 aromatic rings. The van der Waals surface area contributed by atoms with Gasteiger partial charge in [0.15, 0.2) is 22.7 Å². The Morgan fingerprint density at radius 1 is 1.30 bits per heavy atom. The normalized spacial score (nSPS) is 17.9. The van der Waals surface area contributed by atoms with Gasteiger partial charge in [0.1, 0.15) is 0 Å². The van der Waals surface area contributed by atoms with Crippen molar-refractivity contribution < 1.29 is 28.9 Å². The number of benzene rings is 1. The molecule has 2 rings (SSSR count). The van der Waals surface area contributed by atoms with Crippen LogP contribution in [0.5, 0.6) is 11.5 Å². The van der Waals surface area contributed by atoms with Gasteiger partial charge in [0.25, 0.3) is 0 Å². The number of rotatable bonds is 3. The molecule has 1 aliphatic rings. The molecule has 6 nitrogen and oxygen atoms in total. The maximum Gasteiger partial charge on any atom is 0.506 e. The lowest BCUT2D eigenvalue weighted by atomic mass is 10.0. The standard InChI is InChI=1S/C13H14O6S/c1-17-10-3-7-4-12(19-13(15)16)20-6-9(14)8(7)5-11(10)18-2/h3,5,12H,4,6H2,1-2H3,(H,15,16). The maximum atomic E-state index is 12.1. The predicted octanol–water partition coefficient (Wildman–Crippen LogP) is 2.20. The first-order valence-corrected chi connectivity index (χ1v) is 6.89. The average Bonchev–Trinajstić information content (AvgIpc) is 2.56. The Kier molecular flexibility index (Phi) is 4.39. The summed E-state index contributed by atoms with van der Waals surface area (Å²) < 4.78 is 15.1. The summed E-state index contributed by atoms with van der Waals surface area (Å²) in [5.41, 5.74) is 0.617. The molecule has 0 fully saturated rings. The zero-order chi connectivity index (χ0) is 14.7. The molecule has 0 aliphatic carbocycles. The highest BCUT2D eigenvalue weighted by Gasteiger charge is 2.26. The highest BCUT2D eigenvalue weighted by atomic mass is 32.2. The van der Waals surface area contributed by atoms with E-state index < -0.39 is 11.6 Å². The third-order valence-electron chi connectivity index (χ3n) is 2.93. The lowest BCUT2D eigenvalue weighted by Crippen LogP contribution is -2.15. The molecular weight excluding hydrogens is 284 g/mol. The van der Waals surface area contributed by atoms with Crippen LogP contribution < -0.4 is 9.47 Å². The van der Waals surface area contributed by atoms with E-state index in [4.69, 9.17) is 19.3 Å². The number of hydrogen-bond donors (Lipinski definition) is 1. The molecule has 1 N–H and O–H groups in total. The van der Waals surface area contributed by atoms with E-state index in [2.05, 4.69) is 0 Å². The Labute approximate surface area is 120 Å². The van der Waals surface area contributed by atoms with Gasteiger partial charge in [0, 0.05) is 12.0 Å². The topological polar surface area (TPSA) is 82.1 Å². The molecular formula is C13H14O6S. The van der Waals surface area contributed by atoms with Crippen LogP contribution in [0.1, 0.15) is 15.9 Å². The van der Waals surface area contributed by atoms with E-state index in [0.717, 1.165) is 0 Å². The van der Waals surface area contributed by atoms with Crippen molar-refractivity contribution in [2.45, 2.75) is 11.9 Å². The van der Waals surface area contributed by atoms with E-state index in [1.54, 1.807) is 12.1 Å². The van der Waals surface area contributed by atoms with Crippen molar-refractivity contribution in [3.8, 4) is 11.5 Å². The average molecular weight is 298 g/mol. The molecule has 0 saturated heterocycles. The minimum atomic E-state index is -1.35. The molecule has 0 saturated carbocycles. The van der Waals surface area contributed by atoms with Gasteiger partial charge in [0.2, 0.25) is 0 Å². The van der Waals surface area contributed by atoms with Gasteiger partial charge in [-0.05, 0) is 17.7 Å². The van der Waals surface area contributed by atoms with Crippen LogP contribution in [-0.2, 0) is 11.2 Å². The van der Waals surface area contributed by atoms with Crippen LogP contribution >= 0.6 is 11.8 Å². The lowest BCUT2D eigenvalue weighted by molar-refractivity contribution is 0.0823. The minimum absolute atomic E-state index is 0.0811. The molecule has 7 heteroatoms. The van der Waals surface area contributed by atoms with Crippen LogP contribution in [0.3, 0.4) is 0 Å². The highest BCUT2D eigenvalue weighted by molar-refractivity contribution is 8.00. The molecule has 0 aromatic heterocycles. The number of carbonyl (C=O) groups excluding carboxylic acids is 1. The van der Waals surface area contributed by atoms with Gasteiger partial charge in [-0.3, -0.25) is 4.79 Å². The van der Waals surface area contributed by atoms with Crippen molar-refractivity contribution in [2.75, 3.05) is 20.0 Å². The lowest BCUT2D eigenvalue weighted by Gasteiger charge is -2.14. The van der Waals surface area contributed by atoms with E-state index in [1.807, 2.05) is 0 Å². The van der Waals surface area contributed by atoms with Gasteiger partial charge in [-0.1, -0.05) is 0 Å². The van der Waals surface area contributed by atoms with Crippen LogP contribution in [0, 0.1) is 0 Å². The van der Waals surface area contributed by atoms with Crippen LogP contribution in [0.4, 0.5) is 4.79 Å². The number of ketones is 1. The molecule has 0 bridgehead atoms. The zero-order valence-corrected chi connectivity index (χ0v) is 11.9. The Hall–Kier alpha value is -1.89. The van der Waals surface area contributed by atoms with E-state index in [0.29, 0.717) is 29.0 Å². The second-order valence-corrected chi connectivity index (χ2v) is 5.26. The van der Waals surface area contributed by atoms with E-state index in [9.17, 15) is 9.59 Å². The number of carbonyl (C=O) groups is 2. The first-order valence-electron chi connectivity index (χ1n) is 5.84. The van der Waals surface area contributed by atoms with E-state index in [-0.39, 0.29) is 11.5 Å². The van der Waals surface area contributed by atoms with Crippen molar-refractivity contribution in [2.24, 2.45) is 0 Å². The number of Topliss-reactive ketones (excluding diaryl/α,β-unsaturated/α-hetero) is 1. The monoisotopic (exact) mass is 298 g/mol. The molecule has 1 unspecified atom stereocenters. The second kappa shape index (κ2) is 6.04.